The minimum atomic E-state index is -2.92. The van der Waals surface area contributed by atoms with Gasteiger partial charge in [-0.15, -0.1) is 0 Å². The molecule has 0 radical (unpaired) electrons. The van der Waals surface area contributed by atoms with Crippen LogP contribution in [0.4, 0.5) is 0 Å². The molecule has 0 unspecified atom stereocenters. The molecule has 0 spiro atoms. The van der Waals surface area contributed by atoms with Crippen LogP contribution in [0.2, 0.25) is 0 Å². The second-order valence-corrected chi connectivity index (χ2v) is 5.15. The Labute approximate surface area is 73.8 Å². The maximum Gasteiger partial charge on any atom is 0.214 e. The Hall–Kier alpha value is -0.130. The molecule has 0 atom stereocenters. The molecular weight excluding hydrogens is 176 g/mol. The number of hydrogen-bond acceptors (Lipinski definition) is 3. The third kappa shape index (κ3) is 2.43. The molecule has 0 bridgehead atoms. The van der Waals surface area contributed by atoms with Gasteiger partial charge in [0.2, 0.25) is 10.0 Å². The zero-order valence-corrected chi connectivity index (χ0v) is 8.02. The summed E-state index contributed by atoms with van der Waals surface area (Å²) >= 11 is 0. The van der Waals surface area contributed by atoms with Crippen molar-refractivity contribution in [3.8, 4) is 0 Å². The van der Waals surface area contributed by atoms with Gasteiger partial charge in [0.1, 0.15) is 0 Å². The van der Waals surface area contributed by atoms with Gasteiger partial charge in [0.15, 0.2) is 0 Å². The predicted octanol–water partition coefficient (Wildman–Crippen LogP) is -0.239. The molecule has 0 amide bonds. The first-order valence-corrected chi connectivity index (χ1v) is 5.95. The maximum atomic E-state index is 11.4. The number of sulfonamides is 1. The van der Waals surface area contributed by atoms with Gasteiger partial charge in [-0.1, -0.05) is 0 Å². The van der Waals surface area contributed by atoms with Crippen molar-refractivity contribution in [1.82, 2.24) is 4.31 Å². The molecule has 72 valence electrons. The molecule has 4 nitrogen and oxygen atoms in total. The highest BCUT2D eigenvalue weighted by Gasteiger charge is 2.24. The summed E-state index contributed by atoms with van der Waals surface area (Å²) in [4.78, 5) is 0. The highest BCUT2D eigenvalue weighted by Crippen LogP contribution is 2.13. The quantitative estimate of drug-likeness (QED) is 0.671. The second-order valence-electron chi connectivity index (χ2n) is 3.06. The van der Waals surface area contributed by atoms with Crippen LogP contribution in [-0.4, -0.2) is 38.1 Å². The van der Waals surface area contributed by atoms with Crippen LogP contribution in [-0.2, 0) is 10.0 Å². The van der Waals surface area contributed by atoms with Crippen LogP contribution in [0.3, 0.4) is 0 Å². The smallest absolute Gasteiger partial charge is 0.214 e. The monoisotopic (exact) mass is 192 g/mol. The molecule has 0 aromatic carbocycles. The van der Waals surface area contributed by atoms with Crippen molar-refractivity contribution in [2.45, 2.75) is 19.3 Å². The average molecular weight is 192 g/mol. The van der Waals surface area contributed by atoms with E-state index < -0.39 is 10.0 Å². The van der Waals surface area contributed by atoms with E-state index in [1.54, 1.807) is 4.31 Å². The van der Waals surface area contributed by atoms with E-state index >= 15 is 0 Å². The van der Waals surface area contributed by atoms with Crippen molar-refractivity contribution >= 4 is 10.0 Å². The molecule has 12 heavy (non-hydrogen) atoms. The lowest BCUT2D eigenvalue weighted by atomic mass is 10.3. The van der Waals surface area contributed by atoms with E-state index in [1.807, 2.05) is 0 Å². The summed E-state index contributed by atoms with van der Waals surface area (Å²) in [5.41, 5.74) is 5.31. The number of nitrogens with two attached hydrogens (primary N) is 1. The van der Waals surface area contributed by atoms with Crippen molar-refractivity contribution in [3.05, 3.63) is 0 Å². The fraction of sp³-hybridized carbons (Fsp3) is 1.00. The van der Waals surface area contributed by atoms with E-state index in [-0.39, 0.29) is 0 Å². The Balaban J connectivity index is 2.49. The SMILES string of the molecule is NCCCN1CCCCS1(=O)=O. The number of rotatable bonds is 3. The van der Waals surface area contributed by atoms with Gasteiger partial charge in [-0.3, -0.25) is 0 Å². The lowest BCUT2D eigenvalue weighted by Gasteiger charge is -2.25. The lowest BCUT2D eigenvalue weighted by molar-refractivity contribution is 0.380. The highest BCUT2D eigenvalue weighted by molar-refractivity contribution is 7.89. The van der Waals surface area contributed by atoms with Crippen molar-refractivity contribution < 1.29 is 8.42 Å². The van der Waals surface area contributed by atoms with E-state index in [0.717, 1.165) is 19.3 Å². The minimum Gasteiger partial charge on any atom is -0.330 e. The normalized spacial score (nSPS) is 24.1. The standard InChI is InChI=1S/C7H16N2O2S/c8-4-3-6-9-5-1-2-7-12(9,10)11/h1-8H2. The summed E-state index contributed by atoms with van der Waals surface area (Å²) in [6.07, 6.45) is 2.56. The summed E-state index contributed by atoms with van der Waals surface area (Å²) in [5.74, 6) is 0.317. The predicted molar refractivity (Wildman–Crippen MR) is 48.3 cm³/mol. The Bertz CT molecular complexity index is 226. The second kappa shape index (κ2) is 4.20. The fourth-order valence-corrected chi connectivity index (χ4v) is 3.00. The molecule has 0 aromatic heterocycles. The van der Waals surface area contributed by atoms with Crippen molar-refractivity contribution in [2.24, 2.45) is 5.73 Å². The molecule has 1 saturated heterocycles. The Kier molecular flexibility index (Phi) is 3.49. The van der Waals surface area contributed by atoms with Crippen LogP contribution in [0.25, 0.3) is 0 Å². The first-order valence-electron chi connectivity index (χ1n) is 4.35. The van der Waals surface area contributed by atoms with Crippen molar-refractivity contribution in [3.63, 3.8) is 0 Å². The van der Waals surface area contributed by atoms with E-state index in [4.69, 9.17) is 5.73 Å². The minimum absolute atomic E-state index is 0.317. The molecule has 1 heterocycles. The lowest BCUT2D eigenvalue weighted by Crippen LogP contribution is -2.38. The number of nitrogens with zero attached hydrogens (tertiary/aromatic N) is 1. The van der Waals surface area contributed by atoms with Gasteiger partial charge >= 0.3 is 0 Å². The third-order valence-electron chi connectivity index (χ3n) is 2.06. The van der Waals surface area contributed by atoms with Gasteiger partial charge in [-0.05, 0) is 25.8 Å². The zero-order valence-electron chi connectivity index (χ0n) is 7.20. The van der Waals surface area contributed by atoms with Crippen LogP contribution >= 0.6 is 0 Å². The summed E-state index contributed by atoms with van der Waals surface area (Å²) in [5, 5.41) is 0. The summed E-state index contributed by atoms with van der Waals surface area (Å²) in [6.45, 7) is 1.84. The Morgan fingerprint density at radius 1 is 1.33 bits per heavy atom. The van der Waals surface area contributed by atoms with Gasteiger partial charge in [0.25, 0.3) is 0 Å². The topological polar surface area (TPSA) is 63.4 Å². The highest BCUT2D eigenvalue weighted by atomic mass is 32.2. The third-order valence-corrected chi connectivity index (χ3v) is 4.02. The van der Waals surface area contributed by atoms with Crippen LogP contribution < -0.4 is 5.73 Å². The molecule has 1 rings (SSSR count). The van der Waals surface area contributed by atoms with E-state index in [9.17, 15) is 8.42 Å². The van der Waals surface area contributed by atoms with Crippen LogP contribution in [0, 0.1) is 0 Å². The average Bonchev–Trinajstić information content (AvgIpc) is 2.02. The molecular formula is C7H16N2O2S. The van der Waals surface area contributed by atoms with Crippen LogP contribution in [0.1, 0.15) is 19.3 Å². The molecule has 2 N–H and O–H groups in total. The molecule has 1 aliphatic heterocycles. The van der Waals surface area contributed by atoms with Gasteiger partial charge in [-0.2, -0.15) is 0 Å². The zero-order chi connectivity index (χ0) is 9.03. The molecule has 0 saturated carbocycles. The van der Waals surface area contributed by atoms with E-state index in [0.29, 0.717) is 25.4 Å². The largest absolute Gasteiger partial charge is 0.330 e. The van der Waals surface area contributed by atoms with Gasteiger partial charge in [-0.25, -0.2) is 12.7 Å². The Morgan fingerprint density at radius 2 is 2.08 bits per heavy atom. The number of hydrogen-bond donors (Lipinski definition) is 1. The summed E-state index contributed by atoms with van der Waals surface area (Å²) in [6, 6.07) is 0. The van der Waals surface area contributed by atoms with Crippen molar-refractivity contribution in [2.75, 3.05) is 25.4 Å². The van der Waals surface area contributed by atoms with Gasteiger partial charge < -0.3 is 5.73 Å². The summed E-state index contributed by atoms with van der Waals surface area (Å²) in [7, 11) is -2.92. The van der Waals surface area contributed by atoms with E-state index in [1.165, 1.54) is 0 Å². The first kappa shape index (κ1) is 9.95. The molecule has 5 heteroatoms. The van der Waals surface area contributed by atoms with E-state index in [2.05, 4.69) is 0 Å². The van der Waals surface area contributed by atoms with Crippen molar-refractivity contribution in [1.29, 1.82) is 0 Å². The molecule has 0 aromatic rings. The first-order chi connectivity index (χ1) is 5.67. The summed E-state index contributed by atoms with van der Waals surface area (Å²) < 4.78 is 24.3. The van der Waals surface area contributed by atoms with Crippen LogP contribution in [0.5, 0.6) is 0 Å². The van der Waals surface area contributed by atoms with Gasteiger partial charge in [0.05, 0.1) is 5.75 Å². The molecule has 1 aliphatic rings. The molecule has 1 fully saturated rings. The Morgan fingerprint density at radius 3 is 2.67 bits per heavy atom. The molecule has 0 aliphatic carbocycles. The van der Waals surface area contributed by atoms with Crippen LogP contribution in [0.15, 0.2) is 0 Å². The van der Waals surface area contributed by atoms with Gasteiger partial charge in [0, 0.05) is 13.1 Å². The fourth-order valence-electron chi connectivity index (χ4n) is 1.36. The maximum absolute atomic E-state index is 11.4.